The summed E-state index contributed by atoms with van der Waals surface area (Å²) in [6.45, 7) is 4.06. The minimum absolute atomic E-state index is 0.0223. The smallest absolute Gasteiger partial charge is 0.143 e. The zero-order valence-corrected chi connectivity index (χ0v) is 16.3. The van der Waals surface area contributed by atoms with Crippen LogP contribution in [0.4, 0.5) is 0 Å². The average Bonchev–Trinajstić information content (AvgIpc) is 2.59. The molecule has 1 aliphatic rings. The molecule has 0 aromatic rings. The summed E-state index contributed by atoms with van der Waals surface area (Å²) in [5.74, 6) is -2.40. The Kier molecular flexibility index (Phi) is 11.8. The van der Waals surface area contributed by atoms with Crippen molar-refractivity contribution in [2.75, 3.05) is 85.5 Å². The van der Waals surface area contributed by atoms with Crippen LogP contribution in [0, 0.1) is 0 Å². The van der Waals surface area contributed by atoms with Gasteiger partial charge in [-0.2, -0.15) is 0 Å². The van der Waals surface area contributed by atoms with Gasteiger partial charge in [-0.25, -0.2) is 0 Å². The molecule has 0 radical (unpaired) electrons. The highest BCUT2D eigenvalue weighted by molar-refractivity contribution is 5.77. The third kappa shape index (κ3) is 11.3. The molecule has 1 rings (SSSR count). The Hall–Kier alpha value is -1.63. The second kappa shape index (κ2) is 13.5. The van der Waals surface area contributed by atoms with Crippen molar-refractivity contribution in [3.8, 4) is 0 Å². The number of rotatable bonds is 9. The Labute approximate surface area is 165 Å². The number of ether oxygens (including phenoxy) is 1. The van der Waals surface area contributed by atoms with Crippen LogP contribution in [0.15, 0.2) is 0 Å². The van der Waals surface area contributed by atoms with Crippen LogP contribution in [0.5, 0.6) is 0 Å². The number of carbonyl (C=O) groups excluding carboxylic acids is 3. The summed E-state index contributed by atoms with van der Waals surface area (Å²) in [6, 6.07) is 0. The predicted octanol–water partition coefficient (Wildman–Crippen LogP) is -5.41. The number of hydrogen-bond donors (Lipinski definition) is 0. The molecule has 28 heavy (non-hydrogen) atoms. The Morgan fingerprint density at radius 3 is 1.39 bits per heavy atom. The molecule has 1 heterocycles. The van der Waals surface area contributed by atoms with Crippen LogP contribution in [0.2, 0.25) is 0 Å². The third-order valence-corrected chi connectivity index (χ3v) is 4.44. The number of hydrogen-bond acceptors (Lipinski definition) is 11. The highest BCUT2D eigenvalue weighted by Crippen LogP contribution is 2.01. The molecule has 11 nitrogen and oxygen atoms in total. The van der Waals surface area contributed by atoms with Gasteiger partial charge >= 0.3 is 0 Å². The predicted molar refractivity (Wildman–Crippen MR) is 92.4 cm³/mol. The maximum atomic E-state index is 11.5. The number of nitrogens with zero attached hydrogens (tertiary/aromatic N) is 4. The first-order valence-corrected chi connectivity index (χ1v) is 9.24. The van der Waals surface area contributed by atoms with Crippen molar-refractivity contribution >= 4 is 17.7 Å². The minimum atomic E-state index is -1.19. The van der Waals surface area contributed by atoms with Gasteiger partial charge in [0.1, 0.15) is 5.78 Å². The van der Waals surface area contributed by atoms with Crippen molar-refractivity contribution < 1.29 is 34.4 Å². The van der Waals surface area contributed by atoms with Gasteiger partial charge in [0.05, 0.1) is 25.2 Å². The Morgan fingerprint density at radius 2 is 1.07 bits per heavy atom. The fraction of sp³-hybridized carbons (Fsp3) is 0.824. The molecule has 0 atom stereocenters. The van der Waals surface area contributed by atoms with Gasteiger partial charge in [0, 0.05) is 65.4 Å². The number of aliphatic carboxylic acids is 2. The molecule has 1 fully saturated rings. The van der Waals surface area contributed by atoms with Gasteiger partial charge in [0.25, 0.3) is 0 Å². The second-order valence-electron chi connectivity index (χ2n) is 6.84. The Morgan fingerprint density at radius 1 is 0.714 bits per heavy atom. The lowest BCUT2D eigenvalue weighted by Gasteiger charge is -2.34. The lowest BCUT2D eigenvalue weighted by atomic mass is 10.3. The van der Waals surface area contributed by atoms with E-state index in [1.165, 1.54) is 6.92 Å². The summed E-state index contributed by atoms with van der Waals surface area (Å²) in [5, 5.41) is 32.7. The van der Waals surface area contributed by atoms with Gasteiger partial charge < -0.3 is 29.6 Å². The number of Topliss-reactive ketones (excluding diaryl/α,β-unsaturated/α-hetero) is 1. The van der Waals surface area contributed by atoms with Gasteiger partial charge in [-0.15, -0.1) is 0 Å². The van der Waals surface area contributed by atoms with Gasteiger partial charge in [0.2, 0.25) is 0 Å². The summed E-state index contributed by atoms with van der Waals surface area (Å²) >= 11 is 0. The number of carboxylic acid groups (broad SMARTS) is 2. The summed E-state index contributed by atoms with van der Waals surface area (Å²) < 4.78 is 4.92. The normalized spacial score (nSPS) is 19.6. The van der Waals surface area contributed by atoms with Crippen molar-refractivity contribution in [2.45, 2.75) is 6.92 Å². The number of ketones is 1. The maximum Gasteiger partial charge on any atom is 0.143 e. The molecular formula is C17H29N4O7-3. The number of carboxylic acids is 2. The molecule has 0 unspecified atom stereocenters. The van der Waals surface area contributed by atoms with Crippen LogP contribution >= 0.6 is 0 Å². The largest absolute Gasteiger partial charge is 0.834 e. The van der Waals surface area contributed by atoms with Gasteiger partial charge in [0.15, 0.2) is 0 Å². The Bertz CT molecular complexity index is 474. The molecule has 1 aliphatic heterocycles. The zero-order valence-electron chi connectivity index (χ0n) is 16.3. The summed E-state index contributed by atoms with van der Waals surface area (Å²) in [6.07, 6.45) is 0. The first-order chi connectivity index (χ1) is 13.3. The van der Waals surface area contributed by atoms with Crippen LogP contribution in [0.25, 0.3) is 0 Å². The third-order valence-electron chi connectivity index (χ3n) is 4.44. The van der Waals surface area contributed by atoms with E-state index in [1.807, 2.05) is 9.80 Å². The van der Waals surface area contributed by atoms with Gasteiger partial charge in [-0.05, 0) is 13.7 Å². The molecule has 0 saturated carbocycles. The first-order valence-electron chi connectivity index (χ1n) is 9.24. The van der Waals surface area contributed by atoms with Crippen LogP contribution in [-0.2, 0) is 19.1 Å². The van der Waals surface area contributed by atoms with Gasteiger partial charge in [-0.3, -0.25) is 24.4 Å². The minimum Gasteiger partial charge on any atom is -0.834 e. The molecule has 0 aliphatic carbocycles. The lowest BCUT2D eigenvalue weighted by Crippen LogP contribution is -2.50. The SMILES string of the molecule is CC(=O)CN1CCN(CC(=O)[O-])CCN(COC[O-])CCN(CC(=O)[O-])CC1. The topological polar surface area (TPSA) is 143 Å². The standard InChI is InChI=1S/C17H31N4O7/c1-15(23)10-18-2-4-19(11-16(24)25)6-8-21(13-28-14-22)9-7-20(5-3-18)12-17(26)27/h2-14H2,1H3,(H,24,25)(H,26,27)/q-1/p-2. The fourth-order valence-electron chi connectivity index (χ4n) is 3.03. The monoisotopic (exact) mass is 401 g/mol. The van der Waals surface area contributed by atoms with E-state index in [4.69, 9.17) is 4.74 Å². The van der Waals surface area contributed by atoms with Crippen molar-refractivity contribution in [1.82, 2.24) is 19.6 Å². The van der Waals surface area contributed by atoms with Crippen molar-refractivity contribution in [3.63, 3.8) is 0 Å². The van der Waals surface area contributed by atoms with Crippen LogP contribution in [-0.4, -0.2) is 123 Å². The first kappa shape index (κ1) is 24.4. The molecule has 0 spiro atoms. The molecule has 0 bridgehead atoms. The Balaban J connectivity index is 2.86. The van der Waals surface area contributed by atoms with Crippen molar-refractivity contribution in [3.05, 3.63) is 0 Å². The molecule has 0 amide bonds. The van der Waals surface area contributed by atoms with E-state index in [2.05, 4.69) is 0 Å². The summed E-state index contributed by atoms with van der Waals surface area (Å²) in [5.41, 5.74) is 0. The second-order valence-corrected chi connectivity index (χ2v) is 6.84. The molecule has 162 valence electrons. The van der Waals surface area contributed by atoms with E-state index >= 15 is 0 Å². The van der Waals surface area contributed by atoms with E-state index in [9.17, 15) is 29.7 Å². The lowest BCUT2D eigenvalue weighted by molar-refractivity contribution is -0.434. The fourth-order valence-corrected chi connectivity index (χ4v) is 3.03. The van der Waals surface area contributed by atoms with E-state index in [0.29, 0.717) is 52.4 Å². The van der Waals surface area contributed by atoms with E-state index in [0.717, 1.165) is 0 Å². The molecule has 11 heteroatoms. The van der Waals surface area contributed by atoms with Crippen molar-refractivity contribution in [1.29, 1.82) is 0 Å². The average molecular weight is 401 g/mol. The van der Waals surface area contributed by atoms with Crippen molar-refractivity contribution in [2.24, 2.45) is 0 Å². The maximum absolute atomic E-state index is 11.5. The molecule has 0 aromatic carbocycles. The molecule has 0 N–H and O–H groups in total. The van der Waals surface area contributed by atoms with Crippen LogP contribution < -0.4 is 15.3 Å². The van der Waals surface area contributed by atoms with Crippen LogP contribution in [0.1, 0.15) is 6.92 Å². The summed E-state index contributed by atoms with van der Waals surface area (Å²) in [4.78, 5) is 40.7. The van der Waals surface area contributed by atoms with E-state index < -0.39 is 18.7 Å². The molecule has 0 aromatic heterocycles. The number of carbonyl (C=O) groups is 3. The quantitative estimate of drug-likeness (QED) is 0.342. The van der Waals surface area contributed by atoms with E-state index in [-0.39, 0.29) is 32.1 Å². The van der Waals surface area contributed by atoms with E-state index in [1.54, 1.807) is 9.80 Å². The van der Waals surface area contributed by atoms with Gasteiger partial charge in [-0.1, -0.05) is 0 Å². The van der Waals surface area contributed by atoms with Crippen LogP contribution in [0.3, 0.4) is 0 Å². The highest BCUT2D eigenvalue weighted by atomic mass is 16.6. The molecule has 1 saturated heterocycles. The molecular weight excluding hydrogens is 372 g/mol. The highest BCUT2D eigenvalue weighted by Gasteiger charge is 2.17. The summed E-state index contributed by atoms with van der Waals surface area (Å²) in [7, 11) is 0. The zero-order chi connectivity index (χ0) is 20.9.